The molecule has 0 amide bonds. The van der Waals surface area contributed by atoms with Gasteiger partial charge in [0.2, 0.25) is 0 Å². The average Bonchev–Trinajstić information content (AvgIpc) is 2.25. The van der Waals surface area contributed by atoms with Gasteiger partial charge in [0.15, 0.2) is 0 Å². The molecule has 0 radical (unpaired) electrons. The molecule has 0 aromatic heterocycles. The van der Waals surface area contributed by atoms with E-state index in [1.807, 2.05) is 12.1 Å². The smallest absolute Gasteiger partial charge is 0.0997 e. The van der Waals surface area contributed by atoms with Gasteiger partial charge in [-0.1, -0.05) is 17.7 Å². The van der Waals surface area contributed by atoms with E-state index in [-0.39, 0.29) is 0 Å². The van der Waals surface area contributed by atoms with E-state index in [9.17, 15) is 0 Å². The predicted molar refractivity (Wildman–Crippen MR) is 66.1 cm³/mol. The van der Waals surface area contributed by atoms with Gasteiger partial charge in [-0.05, 0) is 26.0 Å². The molecule has 0 N–H and O–H groups in total. The maximum atomic E-state index is 5.53. The van der Waals surface area contributed by atoms with Crippen molar-refractivity contribution in [3.8, 4) is 0 Å². The third-order valence-electron chi connectivity index (χ3n) is 2.26. The first-order valence-corrected chi connectivity index (χ1v) is 6.11. The molecule has 15 heavy (non-hydrogen) atoms. The highest BCUT2D eigenvalue weighted by atomic mass is 32.2. The van der Waals surface area contributed by atoms with Crippen molar-refractivity contribution in [2.75, 3.05) is 12.4 Å². The number of thioether (sulfide) groups is 1. The van der Waals surface area contributed by atoms with Gasteiger partial charge in [-0.3, -0.25) is 0 Å². The average molecular weight is 221 g/mol. The lowest BCUT2D eigenvalue weighted by atomic mass is 10.2. The minimum atomic E-state index is 0.354. The van der Waals surface area contributed by atoms with Crippen LogP contribution in [0.25, 0.3) is 0 Å². The summed E-state index contributed by atoms with van der Waals surface area (Å²) in [6.45, 7) is 4.83. The molecule has 1 aliphatic heterocycles. The Balaban J connectivity index is 2.06. The molecule has 1 heterocycles. The quantitative estimate of drug-likeness (QED) is 0.726. The van der Waals surface area contributed by atoms with Crippen LogP contribution in [0.5, 0.6) is 0 Å². The summed E-state index contributed by atoms with van der Waals surface area (Å²) in [7, 11) is 0. The van der Waals surface area contributed by atoms with Crippen molar-refractivity contribution >= 4 is 22.5 Å². The van der Waals surface area contributed by atoms with Gasteiger partial charge in [0.05, 0.1) is 23.4 Å². The van der Waals surface area contributed by atoms with Crippen molar-refractivity contribution in [1.29, 1.82) is 0 Å². The maximum Gasteiger partial charge on any atom is 0.0997 e. The lowest BCUT2D eigenvalue weighted by Gasteiger charge is -2.19. The highest BCUT2D eigenvalue weighted by Gasteiger charge is 2.13. The Morgan fingerprint density at radius 1 is 1.33 bits per heavy atom. The van der Waals surface area contributed by atoms with E-state index in [1.165, 1.54) is 5.56 Å². The van der Waals surface area contributed by atoms with Crippen LogP contribution in [0.3, 0.4) is 0 Å². The lowest BCUT2D eigenvalue weighted by Crippen LogP contribution is -2.23. The summed E-state index contributed by atoms with van der Waals surface area (Å²) in [5.74, 6) is 1.00. The standard InChI is InChI=1S/C12H15NOS/c1-9-3-5-11(6-4-9)13-12-7-14-10(2)8-15-12/h3-6,10H,7-8H2,1-2H3. The molecule has 2 rings (SSSR count). The normalized spacial score (nSPS) is 24.4. The van der Waals surface area contributed by atoms with Crippen LogP contribution < -0.4 is 0 Å². The summed E-state index contributed by atoms with van der Waals surface area (Å²) >= 11 is 1.80. The second-order valence-electron chi connectivity index (χ2n) is 3.77. The molecule has 1 atom stereocenters. The summed E-state index contributed by atoms with van der Waals surface area (Å²) in [6, 6.07) is 8.24. The van der Waals surface area contributed by atoms with E-state index in [1.54, 1.807) is 11.8 Å². The molecule has 1 aliphatic rings. The fourth-order valence-corrected chi connectivity index (χ4v) is 2.19. The first-order chi connectivity index (χ1) is 7.24. The van der Waals surface area contributed by atoms with Crippen LogP contribution in [0.1, 0.15) is 12.5 Å². The van der Waals surface area contributed by atoms with Gasteiger partial charge >= 0.3 is 0 Å². The molecule has 0 aliphatic carbocycles. The van der Waals surface area contributed by atoms with Crippen molar-refractivity contribution in [2.24, 2.45) is 4.99 Å². The number of benzene rings is 1. The van der Waals surface area contributed by atoms with E-state index in [0.717, 1.165) is 16.5 Å². The highest BCUT2D eigenvalue weighted by Crippen LogP contribution is 2.20. The summed E-state index contributed by atoms with van der Waals surface area (Å²) in [5.41, 5.74) is 2.28. The van der Waals surface area contributed by atoms with Gasteiger partial charge < -0.3 is 4.74 Å². The molecular weight excluding hydrogens is 206 g/mol. The van der Waals surface area contributed by atoms with Gasteiger partial charge in [0, 0.05) is 5.75 Å². The Morgan fingerprint density at radius 3 is 2.67 bits per heavy atom. The first kappa shape index (κ1) is 10.7. The molecule has 0 bridgehead atoms. The van der Waals surface area contributed by atoms with Gasteiger partial charge in [-0.2, -0.15) is 0 Å². The second-order valence-corrected chi connectivity index (χ2v) is 4.87. The molecule has 1 fully saturated rings. The van der Waals surface area contributed by atoms with E-state index >= 15 is 0 Å². The van der Waals surface area contributed by atoms with Gasteiger partial charge in [-0.15, -0.1) is 11.8 Å². The maximum absolute atomic E-state index is 5.53. The number of hydrogen-bond acceptors (Lipinski definition) is 3. The first-order valence-electron chi connectivity index (χ1n) is 5.12. The third kappa shape index (κ3) is 3.08. The van der Waals surface area contributed by atoms with Gasteiger partial charge in [0.1, 0.15) is 0 Å². The summed E-state index contributed by atoms with van der Waals surface area (Å²) in [4.78, 5) is 4.55. The SMILES string of the molecule is Cc1ccc(N=C2COC(C)CS2)cc1. The molecule has 1 aromatic carbocycles. The predicted octanol–water partition coefficient (Wildman–Crippen LogP) is 3.18. The number of aliphatic imine (C=N–C) groups is 1. The van der Waals surface area contributed by atoms with E-state index in [0.29, 0.717) is 12.7 Å². The Labute approximate surface area is 94.7 Å². The van der Waals surface area contributed by atoms with Crippen molar-refractivity contribution in [1.82, 2.24) is 0 Å². The van der Waals surface area contributed by atoms with Gasteiger partial charge in [0.25, 0.3) is 0 Å². The Morgan fingerprint density at radius 2 is 2.07 bits per heavy atom. The fraction of sp³-hybridized carbons (Fsp3) is 0.417. The van der Waals surface area contributed by atoms with E-state index < -0.39 is 0 Å². The van der Waals surface area contributed by atoms with Crippen molar-refractivity contribution < 1.29 is 4.74 Å². The molecule has 1 aromatic rings. The van der Waals surface area contributed by atoms with Gasteiger partial charge in [-0.25, -0.2) is 4.99 Å². The number of aryl methyl sites for hydroxylation is 1. The van der Waals surface area contributed by atoms with Crippen LogP contribution in [0.15, 0.2) is 29.3 Å². The Hall–Kier alpha value is -0.800. The molecule has 1 unspecified atom stereocenters. The minimum Gasteiger partial charge on any atom is -0.371 e. The topological polar surface area (TPSA) is 21.6 Å². The fourth-order valence-electron chi connectivity index (χ4n) is 1.34. The zero-order valence-electron chi connectivity index (χ0n) is 9.06. The summed E-state index contributed by atoms with van der Waals surface area (Å²) in [5, 5.41) is 1.08. The highest BCUT2D eigenvalue weighted by molar-refractivity contribution is 8.14. The van der Waals surface area contributed by atoms with Crippen LogP contribution in [-0.4, -0.2) is 23.5 Å². The Bertz CT molecular complexity index is 348. The monoisotopic (exact) mass is 221 g/mol. The van der Waals surface area contributed by atoms with Crippen molar-refractivity contribution in [3.63, 3.8) is 0 Å². The van der Waals surface area contributed by atoms with Crippen LogP contribution in [0, 0.1) is 6.92 Å². The van der Waals surface area contributed by atoms with Crippen LogP contribution >= 0.6 is 11.8 Å². The zero-order chi connectivity index (χ0) is 10.7. The molecule has 0 saturated carbocycles. The molecule has 2 nitrogen and oxygen atoms in total. The molecule has 3 heteroatoms. The minimum absolute atomic E-state index is 0.354. The number of nitrogens with zero attached hydrogens (tertiary/aromatic N) is 1. The number of ether oxygens (including phenoxy) is 1. The van der Waals surface area contributed by atoms with Crippen LogP contribution in [0.4, 0.5) is 5.69 Å². The number of hydrogen-bond donors (Lipinski definition) is 0. The molecular formula is C12H15NOS. The summed E-state index contributed by atoms with van der Waals surface area (Å²) < 4.78 is 5.53. The molecule has 80 valence electrons. The second kappa shape index (κ2) is 4.81. The van der Waals surface area contributed by atoms with E-state index in [2.05, 4.69) is 31.0 Å². The van der Waals surface area contributed by atoms with Crippen LogP contribution in [-0.2, 0) is 4.74 Å². The number of rotatable bonds is 1. The largest absolute Gasteiger partial charge is 0.371 e. The Kier molecular flexibility index (Phi) is 3.44. The van der Waals surface area contributed by atoms with Crippen molar-refractivity contribution in [2.45, 2.75) is 20.0 Å². The molecule has 1 saturated heterocycles. The van der Waals surface area contributed by atoms with Crippen molar-refractivity contribution in [3.05, 3.63) is 29.8 Å². The zero-order valence-corrected chi connectivity index (χ0v) is 9.88. The third-order valence-corrected chi connectivity index (χ3v) is 3.44. The summed E-state index contributed by atoms with van der Waals surface area (Å²) in [6.07, 6.45) is 0.354. The van der Waals surface area contributed by atoms with Crippen LogP contribution in [0.2, 0.25) is 0 Å². The van der Waals surface area contributed by atoms with E-state index in [4.69, 9.17) is 4.74 Å². The lowest BCUT2D eigenvalue weighted by molar-refractivity contribution is 0.112. The molecule has 0 spiro atoms.